The summed E-state index contributed by atoms with van der Waals surface area (Å²) in [5.74, 6) is 0.556. The van der Waals surface area contributed by atoms with Crippen molar-refractivity contribution in [3.63, 3.8) is 0 Å². The average molecular weight is 519 g/mol. The van der Waals surface area contributed by atoms with E-state index in [-0.39, 0.29) is 18.6 Å². The summed E-state index contributed by atoms with van der Waals surface area (Å²) in [6, 6.07) is 9.55. The van der Waals surface area contributed by atoms with Gasteiger partial charge in [0.15, 0.2) is 0 Å². The highest BCUT2D eigenvalue weighted by molar-refractivity contribution is 6.07. The number of carbonyl (C=O) groups excluding carboxylic acids is 2. The minimum absolute atomic E-state index is 0.0601. The largest absolute Gasteiger partial charge is 0.489 e. The third-order valence-electron chi connectivity index (χ3n) is 5.92. The summed E-state index contributed by atoms with van der Waals surface area (Å²) in [6.45, 7) is 7.98. The molecule has 0 radical (unpaired) electrons. The lowest BCUT2D eigenvalue weighted by Gasteiger charge is -2.24. The van der Waals surface area contributed by atoms with Crippen molar-refractivity contribution >= 4 is 23.0 Å². The first-order valence-corrected chi connectivity index (χ1v) is 11.9. The van der Waals surface area contributed by atoms with Gasteiger partial charge < -0.3 is 24.1 Å². The molecule has 0 bridgehead atoms. The zero-order chi connectivity index (χ0) is 27.0. The van der Waals surface area contributed by atoms with Gasteiger partial charge in [0.2, 0.25) is 0 Å². The molecule has 37 heavy (non-hydrogen) atoms. The van der Waals surface area contributed by atoms with Crippen molar-refractivity contribution in [1.29, 1.82) is 0 Å². The third-order valence-corrected chi connectivity index (χ3v) is 5.92. The number of furan rings is 1. The van der Waals surface area contributed by atoms with Crippen molar-refractivity contribution in [3.05, 3.63) is 64.9 Å². The molecule has 3 aromatic rings. The number of alkyl halides is 3. The van der Waals surface area contributed by atoms with Gasteiger partial charge in [-0.25, -0.2) is 4.79 Å². The second-order valence-corrected chi connectivity index (χ2v) is 10.1. The van der Waals surface area contributed by atoms with Crippen molar-refractivity contribution in [2.45, 2.75) is 58.5 Å². The second-order valence-electron chi connectivity index (χ2n) is 10.1. The standard InChI is InChI=1S/C27H29F3N2O5/c1-16-23(24(33)31-19-11-12-32(14-19)25(34)37-26(2,3)4)21-13-20(9-10-22(21)36-16)35-15-17-5-7-18(8-6-17)27(28,29)30/h5-10,13,19H,11-12,14-15H2,1-4H3,(H,31,33)/t19-/m0/s1. The number of carbonyl (C=O) groups is 2. The summed E-state index contributed by atoms with van der Waals surface area (Å²) in [5.41, 5.74) is 0.123. The minimum atomic E-state index is -4.40. The van der Waals surface area contributed by atoms with Gasteiger partial charge >= 0.3 is 12.3 Å². The number of aryl methyl sites for hydroxylation is 1. The molecule has 198 valence electrons. The quantitative estimate of drug-likeness (QED) is 0.443. The number of rotatable bonds is 5. The predicted octanol–water partition coefficient (Wildman–Crippen LogP) is 6.08. The molecule has 7 nitrogen and oxygen atoms in total. The molecule has 1 aliphatic heterocycles. The molecule has 1 aromatic heterocycles. The van der Waals surface area contributed by atoms with Crippen molar-refractivity contribution in [2.75, 3.05) is 13.1 Å². The van der Waals surface area contributed by atoms with Crippen LogP contribution < -0.4 is 10.1 Å². The summed E-state index contributed by atoms with van der Waals surface area (Å²) in [6.07, 6.45) is -4.21. The number of nitrogens with zero attached hydrogens (tertiary/aromatic N) is 1. The Bertz CT molecular complexity index is 1290. The van der Waals surface area contributed by atoms with Crippen LogP contribution in [0.15, 0.2) is 46.9 Å². The zero-order valence-corrected chi connectivity index (χ0v) is 21.1. The fourth-order valence-electron chi connectivity index (χ4n) is 4.16. The van der Waals surface area contributed by atoms with Gasteiger partial charge in [-0.05, 0) is 70.0 Å². The summed E-state index contributed by atoms with van der Waals surface area (Å²) in [5, 5.41) is 3.53. The summed E-state index contributed by atoms with van der Waals surface area (Å²) >= 11 is 0. The molecule has 0 spiro atoms. The fourth-order valence-corrected chi connectivity index (χ4v) is 4.16. The lowest BCUT2D eigenvalue weighted by Crippen LogP contribution is -2.40. The van der Waals surface area contributed by atoms with Gasteiger partial charge in [0.05, 0.1) is 11.1 Å². The number of amides is 2. The lowest BCUT2D eigenvalue weighted by atomic mass is 10.1. The Balaban J connectivity index is 1.43. The van der Waals surface area contributed by atoms with E-state index < -0.39 is 23.4 Å². The molecule has 2 amide bonds. The number of likely N-dealkylation sites (tertiary alicyclic amines) is 1. The molecule has 4 rings (SSSR count). The first-order valence-electron chi connectivity index (χ1n) is 11.9. The topological polar surface area (TPSA) is 81.0 Å². The summed E-state index contributed by atoms with van der Waals surface area (Å²) in [4.78, 5) is 27.1. The zero-order valence-electron chi connectivity index (χ0n) is 21.1. The molecule has 1 N–H and O–H groups in total. The maximum absolute atomic E-state index is 13.2. The number of ether oxygens (including phenoxy) is 2. The molecular weight excluding hydrogens is 489 g/mol. The maximum Gasteiger partial charge on any atom is 0.416 e. The molecular formula is C27H29F3N2O5. The van der Waals surface area contributed by atoms with E-state index in [1.165, 1.54) is 12.1 Å². The second kappa shape index (κ2) is 9.99. The molecule has 1 fully saturated rings. The minimum Gasteiger partial charge on any atom is -0.489 e. The first kappa shape index (κ1) is 26.4. The van der Waals surface area contributed by atoms with Crippen LogP contribution in [0.25, 0.3) is 11.0 Å². The number of hydrogen-bond donors (Lipinski definition) is 1. The molecule has 0 unspecified atom stereocenters. The Hall–Kier alpha value is -3.69. The molecule has 2 aromatic carbocycles. The van der Waals surface area contributed by atoms with E-state index in [1.54, 1.807) is 50.8 Å². The normalized spacial score (nSPS) is 16.2. The average Bonchev–Trinajstić information content (AvgIpc) is 3.39. The molecule has 10 heteroatoms. The van der Waals surface area contributed by atoms with E-state index in [4.69, 9.17) is 13.9 Å². The highest BCUT2D eigenvalue weighted by Gasteiger charge is 2.32. The van der Waals surface area contributed by atoms with Gasteiger partial charge in [-0.2, -0.15) is 13.2 Å². The number of hydrogen-bond acceptors (Lipinski definition) is 5. The third kappa shape index (κ3) is 6.36. The first-order chi connectivity index (χ1) is 17.3. The van der Waals surface area contributed by atoms with Crippen LogP contribution in [0, 0.1) is 6.92 Å². The Kier molecular flexibility index (Phi) is 7.12. The van der Waals surface area contributed by atoms with E-state index in [1.807, 2.05) is 0 Å². The van der Waals surface area contributed by atoms with Crippen molar-refractivity contribution in [3.8, 4) is 5.75 Å². The maximum atomic E-state index is 13.2. The van der Waals surface area contributed by atoms with Crippen LogP contribution >= 0.6 is 0 Å². The van der Waals surface area contributed by atoms with Crippen LogP contribution in [0.4, 0.5) is 18.0 Å². The molecule has 1 saturated heterocycles. The summed E-state index contributed by atoms with van der Waals surface area (Å²) < 4.78 is 55.2. The Labute approximate surface area is 212 Å². The van der Waals surface area contributed by atoms with Gasteiger partial charge in [0.25, 0.3) is 5.91 Å². The predicted molar refractivity (Wildman–Crippen MR) is 130 cm³/mol. The fraction of sp³-hybridized carbons (Fsp3) is 0.407. The molecule has 0 aliphatic carbocycles. The van der Waals surface area contributed by atoms with Crippen LogP contribution in [0.2, 0.25) is 0 Å². The van der Waals surface area contributed by atoms with Gasteiger partial charge in [-0.15, -0.1) is 0 Å². The van der Waals surface area contributed by atoms with E-state index in [2.05, 4.69) is 5.32 Å². The van der Waals surface area contributed by atoms with Crippen molar-refractivity contribution in [2.24, 2.45) is 0 Å². The van der Waals surface area contributed by atoms with Gasteiger partial charge in [-0.3, -0.25) is 4.79 Å². The van der Waals surface area contributed by atoms with Gasteiger partial charge in [0, 0.05) is 24.5 Å². The number of nitrogens with one attached hydrogen (secondary N) is 1. The van der Waals surface area contributed by atoms with E-state index in [0.29, 0.717) is 53.1 Å². The Morgan fingerprint density at radius 3 is 2.46 bits per heavy atom. The smallest absolute Gasteiger partial charge is 0.416 e. The molecule has 0 saturated carbocycles. The Morgan fingerprint density at radius 2 is 1.81 bits per heavy atom. The van der Waals surface area contributed by atoms with E-state index >= 15 is 0 Å². The number of benzene rings is 2. The van der Waals surface area contributed by atoms with Crippen molar-refractivity contribution in [1.82, 2.24) is 10.2 Å². The lowest BCUT2D eigenvalue weighted by molar-refractivity contribution is -0.137. The van der Waals surface area contributed by atoms with Crippen LogP contribution in [0.1, 0.15) is 54.4 Å². The molecule has 1 atom stereocenters. The van der Waals surface area contributed by atoms with Crippen molar-refractivity contribution < 1.29 is 36.7 Å². The summed E-state index contributed by atoms with van der Waals surface area (Å²) in [7, 11) is 0. The molecule has 2 heterocycles. The number of halogens is 3. The number of fused-ring (bicyclic) bond motifs is 1. The Morgan fingerprint density at radius 1 is 1.11 bits per heavy atom. The van der Waals surface area contributed by atoms with Crippen LogP contribution in [0.3, 0.4) is 0 Å². The van der Waals surface area contributed by atoms with Crippen LogP contribution in [0.5, 0.6) is 5.75 Å². The highest BCUT2D eigenvalue weighted by atomic mass is 19.4. The van der Waals surface area contributed by atoms with Crippen LogP contribution in [-0.4, -0.2) is 41.6 Å². The van der Waals surface area contributed by atoms with Gasteiger partial charge in [0.1, 0.15) is 29.3 Å². The SMILES string of the molecule is Cc1oc2ccc(OCc3ccc(C(F)(F)F)cc3)cc2c1C(=O)N[C@H]1CCN(C(=O)OC(C)(C)C)C1. The monoisotopic (exact) mass is 518 g/mol. The highest BCUT2D eigenvalue weighted by Crippen LogP contribution is 2.31. The molecule has 1 aliphatic rings. The van der Waals surface area contributed by atoms with Gasteiger partial charge in [-0.1, -0.05) is 12.1 Å². The van der Waals surface area contributed by atoms with E-state index in [9.17, 15) is 22.8 Å². The van der Waals surface area contributed by atoms with E-state index in [0.717, 1.165) is 12.1 Å². The van der Waals surface area contributed by atoms with Crippen LogP contribution in [-0.2, 0) is 17.5 Å².